The van der Waals surface area contributed by atoms with Crippen LogP contribution in [0.15, 0.2) is 30.3 Å². The number of rotatable bonds is 4. The van der Waals surface area contributed by atoms with E-state index >= 15 is 0 Å². The van der Waals surface area contributed by atoms with E-state index in [0.29, 0.717) is 24.4 Å². The molecule has 2 saturated carbocycles. The fourth-order valence-electron chi connectivity index (χ4n) is 6.44. The molecule has 0 radical (unpaired) electrons. The van der Waals surface area contributed by atoms with Gasteiger partial charge in [0.2, 0.25) is 0 Å². The normalized spacial score (nSPS) is 30.2. The van der Waals surface area contributed by atoms with Gasteiger partial charge in [-0.05, 0) is 41.6 Å². The van der Waals surface area contributed by atoms with E-state index in [1.54, 1.807) is 0 Å². The first-order chi connectivity index (χ1) is 14.6. The zero-order chi connectivity index (χ0) is 22.0. The Morgan fingerprint density at radius 1 is 1.23 bits per heavy atom. The standard InChI is InChI=1S/C24H31N3O3S/c1-23(2)17-9-11-24(3,13-17)22(23)25-21(28)20-18-15-31(29,30)12-10-19(18)27(26-20)14-16-7-5-4-6-8-16/h4-8,17,22H,9-15H2,1-3H3,(H,25,28). The van der Waals surface area contributed by atoms with Gasteiger partial charge in [-0.3, -0.25) is 9.48 Å². The van der Waals surface area contributed by atoms with Gasteiger partial charge in [0, 0.05) is 23.7 Å². The summed E-state index contributed by atoms with van der Waals surface area (Å²) in [6.45, 7) is 7.31. The number of nitrogens with zero attached hydrogens (tertiary/aromatic N) is 2. The first kappa shape index (κ1) is 20.7. The van der Waals surface area contributed by atoms with E-state index in [1.165, 1.54) is 6.42 Å². The van der Waals surface area contributed by atoms with Gasteiger partial charge in [0.15, 0.2) is 15.5 Å². The average Bonchev–Trinajstić information content (AvgIpc) is 3.32. The third-order valence-electron chi connectivity index (χ3n) is 8.12. The summed E-state index contributed by atoms with van der Waals surface area (Å²) in [6.07, 6.45) is 3.88. The van der Waals surface area contributed by atoms with E-state index in [1.807, 2.05) is 35.0 Å². The maximum absolute atomic E-state index is 13.5. The predicted octanol–water partition coefficient (Wildman–Crippen LogP) is 3.35. The van der Waals surface area contributed by atoms with Crippen molar-refractivity contribution in [2.75, 3.05) is 5.75 Å². The molecular formula is C24H31N3O3S. The van der Waals surface area contributed by atoms with Crippen LogP contribution in [0.5, 0.6) is 0 Å². The monoisotopic (exact) mass is 441 g/mol. The third kappa shape index (κ3) is 3.41. The molecule has 2 aromatic rings. The SMILES string of the molecule is CC12CCC(C1)C(C)(C)C2NC(=O)c1nn(Cc2ccccc2)c2c1CS(=O)(=O)CC2. The third-order valence-corrected chi connectivity index (χ3v) is 9.67. The van der Waals surface area contributed by atoms with Gasteiger partial charge in [-0.15, -0.1) is 0 Å². The van der Waals surface area contributed by atoms with Crippen LogP contribution in [0.1, 0.15) is 67.3 Å². The van der Waals surface area contributed by atoms with Crippen molar-refractivity contribution in [2.45, 2.75) is 64.8 Å². The van der Waals surface area contributed by atoms with Crippen LogP contribution in [0, 0.1) is 16.7 Å². The highest BCUT2D eigenvalue weighted by molar-refractivity contribution is 7.90. The molecule has 3 unspecified atom stereocenters. The Kier molecular flexibility index (Phi) is 4.63. The molecule has 7 heteroatoms. The quantitative estimate of drug-likeness (QED) is 0.789. The molecule has 3 aliphatic rings. The molecule has 2 bridgehead atoms. The Bertz CT molecular complexity index is 1130. The zero-order valence-corrected chi connectivity index (χ0v) is 19.3. The van der Waals surface area contributed by atoms with Gasteiger partial charge in [-0.25, -0.2) is 8.42 Å². The fraction of sp³-hybridized carbons (Fsp3) is 0.583. The molecule has 2 fully saturated rings. The number of aromatic nitrogens is 2. The average molecular weight is 442 g/mol. The highest BCUT2D eigenvalue weighted by atomic mass is 32.2. The predicted molar refractivity (Wildman–Crippen MR) is 119 cm³/mol. The van der Waals surface area contributed by atoms with Crippen LogP contribution in [0.25, 0.3) is 0 Å². The van der Waals surface area contributed by atoms with Crippen LogP contribution in [-0.4, -0.2) is 35.9 Å². The van der Waals surface area contributed by atoms with Crippen LogP contribution >= 0.6 is 0 Å². The van der Waals surface area contributed by atoms with E-state index in [-0.39, 0.29) is 40.0 Å². The number of nitrogens with one attached hydrogen (secondary N) is 1. The highest BCUT2D eigenvalue weighted by Crippen LogP contribution is 2.62. The van der Waals surface area contributed by atoms with E-state index in [0.717, 1.165) is 24.1 Å². The molecule has 0 spiro atoms. The molecule has 6 nitrogen and oxygen atoms in total. The number of amides is 1. The van der Waals surface area contributed by atoms with Crippen LogP contribution in [0.3, 0.4) is 0 Å². The van der Waals surface area contributed by atoms with Crippen LogP contribution in [0.2, 0.25) is 0 Å². The number of benzene rings is 1. The van der Waals surface area contributed by atoms with Gasteiger partial charge < -0.3 is 5.32 Å². The summed E-state index contributed by atoms with van der Waals surface area (Å²) in [4.78, 5) is 13.5. The van der Waals surface area contributed by atoms with Gasteiger partial charge in [0.25, 0.3) is 5.91 Å². The second-order valence-electron chi connectivity index (χ2n) is 10.6. The first-order valence-corrected chi connectivity index (χ1v) is 13.0. The van der Waals surface area contributed by atoms with Crippen LogP contribution < -0.4 is 5.32 Å². The number of hydrogen-bond acceptors (Lipinski definition) is 4. The van der Waals surface area contributed by atoms with E-state index in [4.69, 9.17) is 0 Å². The Hall–Kier alpha value is -2.15. The van der Waals surface area contributed by atoms with E-state index in [9.17, 15) is 13.2 Å². The highest BCUT2D eigenvalue weighted by Gasteiger charge is 2.59. The lowest BCUT2D eigenvalue weighted by atomic mass is 9.68. The molecule has 1 amide bonds. The van der Waals surface area contributed by atoms with Crippen LogP contribution in [0.4, 0.5) is 0 Å². The summed E-state index contributed by atoms with van der Waals surface area (Å²) in [5, 5.41) is 7.97. The Labute approximate surface area is 184 Å². The molecule has 1 aliphatic heterocycles. The minimum absolute atomic E-state index is 0.0292. The smallest absolute Gasteiger partial charge is 0.272 e. The number of fused-ring (bicyclic) bond motifs is 3. The number of sulfone groups is 1. The van der Waals surface area contributed by atoms with Gasteiger partial charge in [-0.2, -0.15) is 5.10 Å². The van der Waals surface area contributed by atoms with Crippen molar-refractivity contribution < 1.29 is 13.2 Å². The lowest BCUT2D eigenvalue weighted by Crippen LogP contribution is -2.52. The molecule has 166 valence electrons. The molecule has 1 N–H and O–H groups in total. The summed E-state index contributed by atoms with van der Waals surface area (Å²) in [5.41, 5.74) is 2.96. The molecule has 1 aromatic carbocycles. The number of carbonyl (C=O) groups is 1. The summed E-state index contributed by atoms with van der Waals surface area (Å²) in [7, 11) is -3.22. The summed E-state index contributed by atoms with van der Waals surface area (Å²) in [6, 6.07) is 10.0. The summed E-state index contributed by atoms with van der Waals surface area (Å²) in [5.74, 6) is 0.393. The minimum Gasteiger partial charge on any atom is -0.347 e. The molecule has 31 heavy (non-hydrogen) atoms. The lowest BCUT2D eigenvalue weighted by Gasteiger charge is -2.43. The fourth-order valence-corrected chi connectivity index (χ4v) is 7.83. The molecule has 5 rings (SSSR count). The molecule has 2 aliphatic carbocycles. The second kappa shape index (κ2) is 6.92. The largest absolute Gasteiger partial charge is 0.347 e. The molecular weight excluding hydrogens is 410 g/mol. The molecule has 2 heterocycles. The van der Waals surface area contributed by atoms with Crippen molar-refractivity contribution in [1.29, 1.82) is 0 Å². The molecule has 1 aromatic heterocycles. The zero-order valence-electron chi connectivity index (χ0n) is 18.5. The van der Waals surface area contributed by atoms with Crippen LogP contribution in [-0.2, 0) is 28.6 Å². The Balaban J connectivity index is 1.49. The van der Waals surface area contributed by atoms with Gasteiger partial charge in [0.05, 0.1) is 18.1 Å². The van der Waals surface area contributed by atoms with Crippen molar-refractivity contribution in [1.82, 2.24) is 15.1 Å². The minimum atomic E-state index is -3.22. The second-order valence-corrected chi connectivity index (χ2v) is 12.8. The van der Waals surface area contributed by atoms with Crippen molar-refractivity contribution in [3.8, 4) is 0 Å². The Morgan fingerprint density at radius 3 is 2.65 bits per heavy atom. The van der Waals surface area contributed by atoms with Crippen molar-refractivity contribution >= 4 is 15.7 Å². The maximum Gasteiger partial charge on any atom is 0.272 e. The van der Waals surface area contributed by atoms with E-state index < -0.39 is 9.84 Å². The van der Waals surface area contributed by atoms with E-state index in [2.05, 4.69) is 31.2 Å². The maximum atomic E-state index is 13.5. The lowest BCUT2D eigenvalue weighted by molar-refractivity contribution is 0.0732. The van der Waals surface area contributed by atoms with Gasteiger partial charge in [0.1, 0.15) is 0 Å². The molecule has 3 atom stereocenters. The van der Waals surface area contributed by atoms with Crippen molar-refractivity contribution in [3.05, 3.63) is 52.8 Å². The van der Waals surface area contributed by atoms with Gasteiger partial charge >= 0.3 is 0 Å². The summed E-state index contributed by atoms with van der Waals surface area (Å²) >= 11 is 0. The topological polar surface area (TPSA) is 81.1 Å². The molecule has 0 saturated heterocycles. The van der Waals surface area contributed by atoms with Crippen molar-refractivity contribution in [2.24, 2.45) is 16.7 Å². The van der Waals surface area contributed by atoms with Crippen molar-refractivity contribution in [3.63, 3.8) is 0 Å². The number of carbonyl (C=O) groups excluding carboxylic acids is 1. The Morgan fingerprint density at radius 2 is 1.97 bits per heavy atom. The first-order valence-electron chi connectivity index (χ1n) is 11.2. The number of hydrogen-bond donors (Lipinski definition) is 1. The summed E-state index contributed by atoms with van der Waals surface area (Å²) < 4.78 is 26.6. The van der Waals surface area contributed by atoms with Gasteiger partial charge in [-0.1, -0.05) is 51.1 Å².